The van der Waals surface area contributed by atoms with Gasteiger partial charge in [0.1, 0.15) is 7.28 Å². The van der Waals surface area contributed by atoms with Crippen LogP contribution in [0.5, 0.6) is 0 Å². The Hall–Kier alpha value is -1.18. The lowest BCUT2D eigenvalue weighted by atomic mass is 9.74. The predicted octanol–water partition coefficient (Wildman–Crippen LogP) is 2.64. The summed E-state index contributed by atoms with van der Waals surface area (Å²) in [7, 11) is 3.09. The van der Waals surface area contributed by atoms with Gasteiger partial charge in [0.05, 0.1) is 0 Å². The molecule has 0 bridgehead atoms. The number of nitrogens with one attached hydrogen (secondary N) is 1. The van der Waals surface area contributed by atoms with E-state index in [0.717, 1.165) is 19.3 Å². The summed E-state index contributed by atoms with van der Waals surface area (Å²) < 4.78 is 0. The third-order valence-electron chi connectivity index (χ3n) is 2.13. The molecule has 0 spiro atoms. The molecular formula is C11H16BN. The van der Waals surface area contributed by atoms with Crippen molar-refractivity contribution in [2.45, 2.75) is 13.1 Å². The average molecular weight is 173 g/mol. The first-order valence-corrected chi connectivity index (χ1v) is 4.74. The van der Waals surface area contributed by atoms with E-state index in [-0.39, 0.29) is 0 Å². The molecule has 2 heteroatoms. The Kier molecular flexibility index (Phi) is 3.62. The predicted molar refractivity (Wildman–Crippen MR) is 62.8 cm³/mol. The second kappa shape index (κ2) is 4.75. The Morgan fingerprint density at radius 3 is 2.46 bits per heavy atom. The van der Waals surface area contributed by atoms with Crippen LogP contribution in [0, 0.1) is 0 Å². The smallest absolute Gasteiger partial charge is 0.122 e. The van der Waals surface area contributed by atoms with E-state index in [0.29, 0.717) is 0 Å². The molecule has 1 aromatic rings. The first-order chi connectivity index (χ1) is 6.27. The van der Waals surface area contributed by atoms with Crippen molar-refractivity contribution < 1.29 is 0 Å². The van der Waals surface area contributed by atoms with Crippen molar-refractivity contribution in [2.24, 2.45) is 0 Å². The Bertz CT molecular complexity index is 277. The molecule has 0 fully saturated rings. The summed E-state index contributed by atoms with van der Waals surface area (Å²) in [5.74, 6) is 0. The quantitative estimate of drug-likeness (QED) is 0.690. The minimum atomic E-state index is 1.08. The van der Waals surface area contributed by atoms with Crippen molar-refractivity contribution in [3.05, 3.63) is 36.4 Å². The van der Waals surface area contributed by atoms with E-state index in [1.807, 2.05) is 7.05 Å². The largest absolute Gasteiger partial charge is 0.388 e. The van der Waals surface area contributed by atoms with Crippen LogP contribution in [0.15, 0.2) is 30.8 Å². The van der Waals surface area contributed by atoms with Crippen LogP contribution in [-0.2, 0) is 0 Å². The first kappa shape index (κ1) is 9.91. The molecule has 0 heterocycles. The zero-order valence-electron chi connectivity index (χ0n) is 8.43. The second-order valence-corrected chi connectivity index (χ2v) is 3.18. The molecule has 0 aliphatic carbocycles. The van der Waals surface area contributed by atoms with Crippen molar-refractivity contribution in [3.8, 4) is 0 Å². The third-order valence-corrected chi connectivity index (χ3v) is 2.13. The lowest BCUT2D eigenvalue weighted by Crippen LogP contribution is -1.89. The molecule has 0 aliphatic rings. The fourth-order valence-corrected chi connectivity index (χ4v) is 1.32. The highest BCUT2D eigenvalue weighted by atomic mass is 14.8. The van der Waals surface area contributed by atoms with E-state index in [1.54, 1.807) is 0 Å². The lowest BCUT2D eigenvalue weighted by Gasteiger charge is -2.05. The fraction of sp³-hybridized carbons (Fsp3) is 0.273. The van der Waals surface area contributed by atoms with Crippen molar-refractivity contribution in [1.29, 1.82) is 0 Å². The molecule has 0 radical (unpaired) electrons. The molecule has 0 saturated carbocycles. The number of benzene rings is 1. The SMILES string of the molecule is C=C(CBC)c1ccc(NC)cc1. The van der Waals surface area contributed by atoms with Gasteiger partial charge in [0.15, 0.2) is 0 Å². The topological polar surface area (TPSA) is 12.0 Å². The van der Waals surface area contributed by atoms with E-state index in [2.05, 4.69) is 43.0 Å². The molecule has 1 nitrogen and oxygen atoms in total. The van der Waals surface area contributed by atoms with Crippen LogP contribution < -0.4 is 5.32 Å². The normalized spacial score (nSPS) is 9.38. The van der Waals surface area contributed by atoms with Gasteiger partial charge in [-0.25, -0.2) is 0 Å². The maximum absolute atomic E-state index is 4.05. The van der Waals surface area contributed by atoms with Gasteiger partial charge < -0.3 is 5.32 Å². The molecule has 0 unspecified atom stereocenters. The van der Waals surface area contributed by atoms with E-state index >= 15 is 0 Å². The Morgan fingerprint density at radius 2 is 2.00 bits per heavy atom. The summed E-state index contributed by atoms with van der Waals surface area (Å²) in [4.78, 5) is 0. The first-order valence-electron chi connectivity index (χ1n) is 4.74. The molecule has 0 aromatic heterocycles. The Labute approximate surface area is 81.1 Å². The number of anilines is 1. The van der Waals surface area contributed by atoms with Gasteiger partial charge in [-0.2, -0.15) is 0 Å². The maximum Gasteiger partial charge on any atom is 0.122 e. The van der Waals surface area contributed by atoms with Crippen LogP contribution in [-0.4, -0.2) is 14.3 Å². The number of allylic oxidation sites excluding steroid dienone is 1. The van der Waals surface area contributed by atoms with Gasteiger partial charge in [0, 0.05) is 12.7 Å². The number of rotatable bonds is 4. The summed E-state index contributed by atoms with van der Waals surface area (Å²) in [6.07, 6.45) is 1.08. The summed E-state index contributed by atoms with van der Waals surface area (Å²) >= 11 is 0. The minimum Gasteiger partial charge on any atom is -0.388 e. The van der Waals surface area contributed by atoms with E-state index in [1.165, 1.54) is 11.1 Å². The van der Waals surface area contributed by atoms with E-state index in [4.69, 9.17) is 0 Å². The van der Waals surface area contributed by atoms with Gasteiger partial charge >= 0.3 is 0 Å². The standard InChI is InChI=1S/C11H16BN/c1-9(8-12-2)10-4-6-11(13-3)7-5-10/h4-7,12-13H,1,8H2,2-3H3. The van der Waals surface area contributed by atoms with Crippen molar-refractivity contribution in [2.75, 3.05) is 12.4 Å². The molecule has 1 N–H and O–H groups in total. The van der Waals surface area contributed by atoms with E-state index < -0.39 is 0 Å². The zero-order chi connectivity index (χ0) is 9.68. The molecule has 1 rings (SSSR count). The van der Waals surface area contributed by atoms with Gasteiger partial charge in [0.2, 0.25) is 0 Å². The van der Waals surface area contributed by atoms with Crippen LogP contribution in [0.2, 0.25) is 13.1 Å². The highest BCUT2D eigenvalue weighted by molar-refractivity contribution is 6.36. The molecule has 13 heavy (non-hydrogen) atoms. The number of hydrogen-bond donors (Lipinski definition) is 1. The van der Waals surface area contributed by atoms with Crippen LogP contribution in [0.4, 0.5) is 5.69 Å². The highest BCUT2D eigenvalue weighted by Crippen LogP contribution is 2.18. The fourth-order valence-electron chi connectivity index (χ4n) is 1.32. The molecular weight excluding hydrogens is 157 g/mol. The molecule has 0 amide bonds. The van der Waals surface area contributed by atoms with Gasteiger partial charge in [0.25, 0.3) is 0 Å². The van der Waals surface area contributed by atoms with Crippen LogP contribution in [0.1, 0.15) is 5.56 Å². The maximum atomic E-state index is 4.05. The van der Waals surface area contributed by atoms with Crippen molar-refractivity contribution >= 4 is 18.5 Å². The Morgan fingerprint density at radius 1 is 1.38 bits per heavy atom. The summed E-state index contributed by atoms with van der Waals surface area (Å²) in [6, 6.07) is 8.39. The molecule has 0 saturated heterocycles. The molecule has 0 aliphatic heterocycles. The van der Waals surface area contributed by atoms with Crippen molar-refractivity contribution in [3.63, 3.8) is 0 Å². The zero-order valence-corrected chi connectivity index (χ0v) is 8.43. The monoisotopic (exact) mass is 173 g/mol. The van der Waals surface area contributed by atoms with Crippen molar-refractivity contribution in [1.82, 2.24) is 0 Å². The summed E-state index contributed by atoms with van der Waals surface area (Å²) in [6.45, 7) is 6.22. The van der Waals surface area contributed by atoms with Gasteiger partial charge in [-0.1, -0.05) is 37.4 Å². The number of hydrogen-bond acceptors (Lipinski definition) is 1. The molecule has 0 atom stereocenters. The second-order valence-electron chi connectivity index (χ2n) is 3.18. The van der Waals surface area contributed by atoms with Gasteiger partial charge in [-0.15, -0.1) is 0 Å². The highest BCUT2D eigenvalue weighted by Gasteiger charge is 1.97. The van der Waals surface area contributed by atoms with Gasteiger partial charge in [-0.3, -0.25) is 0 Å². The minimum absolute atomic E-state index is 1.08. The summed E-state index contributed by atoms with van der Waals surface area (Å²) in [5, 5.41) is 3.10. The molecule has 1 aromatic carbocycles. The molecule has 68 valence electrons. The lowest BCUT2D eigenvalue weighted by molar-refractivity contribution is 1.49. The van der Waals surface area contributed by atoms with E-state index in [9.17, 15) is 0 Å². The average Bonchev–Trinajstić information content (AvgIpc) is 2.18. The van der Waals surface area contributed by atoms with Crippen LogP contribution in [0.3, 0.4) is 0 Å². The third kappa shape index (κ3) is 2.65. The van der Waals surface area contributed by atoms with Crippen LogP contribution >= 0.6 is 0 Å². The Balaban J connectivity index is 2.74. The summed E-state index contributed by atoms with van der Waals surface area (Å²) in [5.41, 5.74) is 3.62. The van der Waals surface area contributed by atoms with Crippen LogP contribution in [0.25, 0.3) is 5.57 Å². The van der Waals surface area contributed by atoms with Gasteiger partial charge in [-0.05, 0) is 17.7 Å².